The van der Waals surface area contributed by atoms with Crippen molar-refractivity contribution in [3.05, 3.63) is 29.8 Å². The van der Waals surface area contributed by atoms with Crippen LogP contribution in [0.5, 0.6) is 0 Å². The summed E-state index contributed by atoms with van der Waals surface area (Å²) in [4.78, 5) is 38.8. The number of amides is 3. The largest absolute Gasteiger partial charge is 0.352 e. The van der Waals surface area contributed by atoms with Crippen molar-refractivity contribution in [2.75, 3.05) is 24.5 Å². The Morgan fingerprint density at radius 1 is 1.00 bits per heavy atom. The molecule has 0 unspecified atom stereocenters. The molecular weight excluding hydrogens is 318 g/mol. The second kappa shape index (κ2) is 8.14. The molecule has 1 N–H and O–H groups in total. The van der Waals surface area contributed by atoms with Gasteiger partial charge >= 0.3 is 0 Å². The molecule has 1 aromatic rings. The molecule has 0 atom stereocenters. The van der Waals surface area contributed by atoms with Crippen LogP contribution in [-0.4, -0.2) is 42.3 Å². The molecule has 3 amide bonds. The molecular formula is C19H25N3O3. The molecule has 2 heterocycles. The quantitative estimate of drug-likeness (QED) is 0.821. The van der Waals surface area contributed by atoms with Gasteiger partial charge in [-0.05, 0) is 37.0 Å². The summed E-state index contributed by atoms with van der Waals surface area (Å²) in [5.74, 6) is 0.389. The first kappa shape index (κ1) is 17.5. The van der Waals surface area contributed by atoms with Crippen LogP contribution >= 0.6 is 0 Å². The predicted molar refractivity (Wildman–Crippen MR) is 94.9 cm³/mol. The van der Waals surface area contributed by atoms with Gasteiger partial charge in [0.05, 0.1) is 0 Å². The first-order chi connectivity index (χ1) is 12.1. The molecule has 2 aliphatic heterocycles. The Morgan fingerprint density at radius 3 is 2.36 bits per heavy atom. The third-order valence-electron chi connectivity index (χ3n) is 4.81. The number of hydrogen-bond donors (Lipinski definition) is 1. The van der Waals surface area contributed by atoms with Gasteiger partial charge < -0.3 is 15.1 Å². The highest BCUT2D eigenvalue weighted by atomic mass is 16.2. The van der Waals surface area contributed by atoms with Crippen molar-refractivity contribution in [2.45, 2.75) is 45.1 Å². The molecule has 0 aliphatic carbocycles. The third kappa shape index (κ3) is 4.59. The fourth-order valence-electron chi connectivity index (χ4n) is 3.37. The molecule has 25 heavy (non-hydrogen) atoms. The van der Waals surface area contributed by atoms with E-state index in [0.29, 0.717) is 38.8 Å². The second-order valence-electron chi connectivity index (χ2n) is 6.68. The number of benzene rings is 1. The number of likely N-dealkylation sites (tertiary alicyclic amines) is 1. The molecule has 0 spiro atoms. The number of hydrogen-bond acceptors (Lipinski definition) is 3. The Bertz CT molecular complexity index is 642. The van der Waals surface area contributed by atoms with E-state index in [2.05, 4.69) is 5.32 Å². The Kier molecular flexibility index (Phi) is 5.68. The van der Waals surface area contributed by atoms with Crippen molar-refractivity contribution in [3.8, 4) is 0 Å². The van der Waals surface area contributed by atoms with E-state index in [1.54, 1.807) is 0 Å². The van der Waals surface area contributed by atoms with Crippen LogP contribution in [0.4, 0.5) is 5.69 Å². The fourth-order valence-corrected chi connectivity index (χ4v) is 3.37. The lowest BCUT2D eigenvalue weighted by Gasteiger charge is -2.16. The highest BCUT2D eigenvalue weighted by Crippen LogP contribution is 2.21. The predicted octanol–water partition coefficient (Wildman–Crippen LogP) is 1.83. The number of carbonyl (C=O) groups excluding carboxylic acids is 3. The monoisotopic (exact) mass is 343 g/mol. The van der Waals surface area contributed by atoms with Crippen LogP contribution in [-0.2, 0) is 20.9 Å². The minimum atomic E-state index is 0.00504. The zero-order valence-corrected chi connectivity index (χ0v) is 14.5. The molecule has 134 valence electrons. The molecule has 3 rings (SSSR count). The molecule has 2 fully saturated rings. The highest BCUT2D eigenvalue weighted by Gasteiger charge is 2.21. The zero-order chi connectivity index (χ0) is 17.6. The maximum Gasteiger partial charge on any atom is 0.227 e. The minimum absolute atomic E-state index is 0.00504. The third-order valence-corrected chi connectivity index (χ3v) is 4.81. The number of anilines is 1. The maximum absolute atomic E-state index is 11.9. The molecule has 2 saturated heterocycles. The highest BCUT2D eigenvalue weighted by molar-refractivity contribution is 5.95. The first-order valence-corrected chi connectivity index (χ1v) is 9.07. The van der Waals surface area contributed by atoms with Crippen molar-refractivity contribution in [3.63, 3.8) is 0 Å². The van der Waals surface area contributed by atoms with E-state index in [1.165, 1.54) is 0 Å². The molecule has 1 aromatic carbocycles. The zero-order valence-electron chi connectivity index (χ0n) is 14.5. The van der Waals surface area contributed by atoms with Crippen molar-refractivity contribution in [2.24, 2.45) is 0 Å². The summed E-state index contributed by atoms with van der Waals surface area (Å²) in [5.41, 5.74) is 1.94. The van der Waals surface area contributed by atoms with Gasteiger partial charge in [-0.25, -0.2) is 0 Å². The SMILES string of the molecule is O=C(CCCN1CCCC1=O)NCc1ccc(N2CCCC2=O)cc1. The normalized spacial score (nSPS) is 17.4. The molecule has 0 bridgehead atoms. The molecule has 0 aromatic heterocycles. The van der Waals surface area contributed by atoms with E-state index < -0.39 is 0 Å². The number of carbonyl (C=O) groups is 3. The van der Waals surface area contributed by atoms with Crippen LogP contribution < -0.4 is 10.2 Å². The van der Waals surface area contributed by atoms with E-state index in [0.717, 1.165) is 37.2 Å². The Labute approximate surface area is 148 Å². The molecule has 2 aliphatic rings. The molecule has 0 saturated carbocycles. The second-order valence-corrected chi connectivity index (χ2v) is 6.68. The standard InChI is InChI=1S/C19H25N3O3/c23-17(4-1-11-21-12-2-5-18(21)24)20-14-15-7-9-16(10-8-15)22-13-3-6-19(22)25/h7-10H,1-6,11-14H2,(H,20,23). The maximum atomic E-state index is 11.9. The van der Waals surface area contributed by atoms with E-state index in [9.17, 15) is 14.4 Å². The number of rotatable bonds is 7. The van der Waals surface area contributed by atoms with Crippen molar-refractivity contribution in [1.82, 2.24) is 10.2 Å². The summed E-state index contributed by atoms with van der Waals surface area (Å²) in [6.45, 7) is 2.77. The van der Waals surface area contributed by atoms with Gasteiger partial charge in [0.25, 0.3) is 0 Å². The van der Waals surface area contributed by atoms with Gasteiger partial charge in [-0.3, -0.25) is 14.4 Å². The van der Waals surface area contributed by atoms with Crippen LogP contribution in [0, 0.1) is 0 Å². The Hall–Kier alpha value is -2.37. The van der Waals surface area contributed by atoms with Crippen molar-refractivity contribution in [1.29, 1.82) is 0 Å². The Morgan fingerprint density at radius 2 is 1.72 bits per heavy atom. The van der Waals surface area contributed by atoms with E-state index in [4.69, 9.17) is 0 Å². The smallest absolute Gasteiger partial charge is 0.227 e. The van der Waals surface area contributed by atoms with E-state index >= 15 is 0 Å². The first-order valence-electron chi connectivity index (χ1n) is 9.07. The number of nitrogens with one attached hydrogen (secondary N) is 1. The topological polar surface area (TPSA) is 69.7 Å². The minimum Gasteiger partial charge on any atom is -0.352 e. The van der Waals surface area contributed by atoms with Crippen LogP contribution in [0.2, 0.25) is 0 Å². The van der Waals surface area contributed by atoms with Crippen molar-refractivity contribution >= 4 is 23.4 Å². The summed E-state index contributed by atoms with van der Waals surface area (Å²) in [7, 11) is 0. The van der Waals surface area contributed by atoms with Gasteiger partial charge in [0, 0.05) is 51.1 Å². The molecule has 6 nitrogen and oxygen atoms in total. The Balaban J connectivity index is 1.38. The summed E-state index contributed by atoms with van der Waals surface area (Å²) >= 11 is 0. The fraction of sp³-hybridized carbons (Fsp3) is 0.526. The molecule has 6 heteroatoms. The van der Waals surface area contributed by atoms with Crippen LogP contribution in [0.1, 0.15) is 44.1 Å². The van der Waals surface area contributed by atoms with Crippen molar-refractivity contribution < 1.29 is 14.4 Å². The lowest BCUT2D eigenvalue weighted by Crippen LogP contribution is -2.28. The van der Waals surface area contributed by atoms with E-state index in [1.807, 2.05) is 34.1 Å². The summed E-state index contributed by atoms with van der Waals surface area (Å²) in [6, 6.07) is 7.77. The average molecular weight is 343 g/mol. The average Bonchev–Trinajstić information content (AvgIpc) is 3.22. The van der Waals surface area contributed by atoms with Crippen LogP contribution in [0.3, 0.4) is 0 Å². The van der Waals surface area contributed by atoms with Gasteiger partial charge in [-0.1, -0.05) is 12.1 Å². The van der Waals surface area contributed by atoms with Crippen LogP contribution in [0.25, 0.3) is 0 Å². The van der Waals surface area contributed by atoms with Crippen LogP contribution in [0.15, 0.2) is 24.3 Å². The summed E-state index contributed by atoms with van der Waals surface area (Å²) < 4.78 is 0. The lowest BCUT2D eigenvalue weighted by molar-refractivity contribution is -0.128. The van der Waals surface area contributed by atoms with E-state index in [-0.39, 0.29) is 17.7 Å². The lowest BCUT2D eigenvalue weighted by atomic mass is 10.2. The van der Waals surface area contributed by atoms with Gasteiger partial charge in [0.2, 0.25) is 17.7 Å². The van der Waals surface area contributed by atoms with Gasteiger partial charge in [-0.15, -0.1) is 0 Å². The van der Waals surface area contributed by atoms with Gasteiger partial charge in [-0.2, -0.15) is 0 Å². The summed E-state index contributed by atoms with van der Waals surface area (Å²) in [5, 5.41) is 2.91. The number of nitrogens with zero attached hydrogens (tertiary/aromatic N) is 2. The summed E-state index contributed by atoms with van der Waals surface area (Å²) in [6.07, 6.45) is 4.26. The van der Waals surface area contributed by atoms with Gasteiger partial charge in [0.15, 0.2) is 0 Å². The van der Waals surface area contributed by atoms with Gasteiger partial charge in [0.1, 0.15) is 0 Å². The molecule has 0 radical (unpaired) electrons.